The Morgan fingerprint density at radius 3 is 2.68 bits per heavy atom. The Morgan fingerprint density at radius 2 is 1.89 bits per heavy atom. The molecule has 2 aromatic rings. The minimum absolute atomic E-state index is 0.299. The van der Waals surface area contributed by atoms with Crippen LogP contribution in [0.15, 0.2) is 40.9 Å². The smallest absolute Gasteiger partial charge is 0.336 e. The van der Waals surface area contributed by atoms with Gasteiger partial charge in [0.1, 0.15) is 0 Å². The van der Waals surface area contributed by atoms with Crippen LogP contribution in [0.25, 0.3) is 11.1 Å². The molecule has 0 radical (unpaired) electrons. The zero-order valence-electron chi connectivity index (χ0n) is 10.0. The van der Waals surface area contributed by atoms with Crippen molar-refractivity contribution in [1.82, 2.24) is 0 Å². The average Bonchev–Trinajstić information content (AvgIpc) is 2.85. The molecule has 19 heavy (non-hydrogen) atoms. The quantitative estimate of drug-likeness (QED) is 0.915. The Balaban J connectivity index is 2.14. The number of benzene rings is 2. The van der Waals surface area contributed by atoms with E-state index in [-0.39, 0.29) is 0 Å². The summed E-state index contributed by atoms with van der Waals surface area (Å²) >= 11 is 3.30. The van der Waals surface area contributed by atoms with Gasteiger partial charge in [0.25, 0.3) is 0 Å². The first-order valence-electron chi connectivity index (χ1n) is 5.88. The highest BCUT2D eigenvalue weighted by Crippen LogP contribution is 2.30. The van der Waals surface area contributed by atoms with Gasteiger partial charge >= 0.3 is 5.97 Å². The van der Waals surface area contributed by atoms with Crippen LogP contribution in [0.2, 0.25) is 0 Å². The SMILES string of the molecule is O=C(O)c1cc(Br)ccc1-c1ccc2c(c1)COC2. The molecule has 0 atom stereocenters. The van der Waals surface area contributed by atoms with Gasteiger partial charge in [0, 0.05) is 4.47 Å². The maximum absolute atomic E-state index is 11.3. The van der Waals surface area contributed by atoms with Crippen LogP contribution in [0.5, 0.6) is 0 Å². The van der Waals surface area contributed by atoms with Crippen molar-refractivity contribution in [2.24, 2.45) is 0 Å². The molecule has 0 amide bonds. The van der Waals surface area contributed by atoms with Crippen molar-refractivity contribution in [1.29, 1.82) is 0 Å². The summed E-state index contributed by atoms with van der Waals surface area (Å²) in [5.41, 5.74) is 4.25. The summed E-state index contributed by atoms with van der Waals surface area (Å²) in [6.45, 7) is 1.24. The predicted octanol–water partition coefficient (Wildman–Crippen LogP) is 3.84. The molecule has 3 rings (SSSR count). The van der Waals surface area contributed by atoms with E-state index >= 15 is 0 Å². The lowest BCUT2D eigenvalue weighted by Crippen LogP contribution is -2.00. The number of hydrogen-bond donors (Lipinski definition) is 1. The highest BCUT2D eigenvalue weighted by Gasteiger charge is 2.16. The van der Waals surface area contributed by atoms with Gasteiger partial charge in [0.2, 0.25) is 0 Å². The molecule has 0 fully saturated rings. The van der Waals surface area contributed by atoms with Crippen molar-refractivity contribution in [3.05, 3.63) is 57.6 Å². The molecule has 4 heteroatoms. The zero-order chi connectivity index (χ0) is 13.4. The number of halogens is 1. The molecule has 1 aliphatic rings. The molecule has 0 bridgehead atoms. The molecule has 0 spiro atoms. The molecule has 1 aliphatic heterocycles. The number of rotatable bonds is 2. The van der Waals surface area contributed by atoms with Gasteiger partial charge in [-0.05, 0) is 40.5 Å². The third-order valence-electron chi connectivity index (χ3n) is 3.24. The van der Waals surface area contributed by atoms with E-state index in [0.29, 0.717) is 18.8 Å². The second kappa shape index (κ2) is 4.79. The highest BCUT2D eigenvalue weighted by molar-refractivity contribution is 9.10. The number of carbonyl (C=O) groups is 1. The second-order valence-electron chi connectivity index (χ2n) is 4.47. The first kappa shape index (κ1) is 12.4. The predicted molar refractivity (Wildman–Crippen MR) is 75.0 cm³/mol. The Morgan fingerprint density at radius 1 is 1.11 bits per heavy atom. The molecule has 0 saturated heterocycles. The van der Waals surface area contributed by atoms with E-state index in [1.54, 1.807) is 6.07 Å². The molecular formula is C15H11BrO3. The van der Waals surface area contributed by atoms with Crippen molar-refractivity contribution in [3.63, 3.8) is 0 Å². The van der Waals surface area contributed by atoms with Crippen LogP contribution in [0, 0.1) is 0 Å². The summed E-state index contributed by atoms with van der Waals surface area (Å²) in [6.07, 6.45) is 0. The van der Waals surface area contributed by atoms with Gasteiger partial charge in [-0.3, -0.25) is 0 Å². The van der Waals surface area contributed by atoms with Crippen LogP contribution in [-0.4, -0.2) is 11.1 Å². The minimum atomic E-state index is -0.923. The molecule has 96 valence electrons. The van der Waals surface area contributed by atoms with Gasteiger partial charge in [0.05, 0.1) is 18.8 Å². The maximum Gasteiger partial charge on any atom is 0.336 e. The highest BCUT2D eigenvalue weighted by atomic mass is 79.9. The molecule has 1 N–H and O–H groups in total. The number of carboxylic acid groups (broad SMARTS) is 1. The molecular weight excluding hydrogens is 308 g/mol. The van der Waals surface area contributed by atoms with Gasteiger partial charge in [-0.1, -0.05) is 34.1 Å². The van der Waals surface area contributed by atoms with Crippen molar-refractivity contribution in [2.45, 2.75) is 13.2 Å². The Bertz CT molecular complexity index is 664. The Hall–Kier alpha value is -1.65. The molecule has 2 aromatic carbocycles. The molecule has 0 aliphatic carbocycles. The second-order valence-corrected chi connectivity index (χ2v) is 5.39. The van der Waals surface area contributed by atoms with Crippen LogP contribution in [0.4, 0.5) is 0 Å². The third-order valence-corrected chi connectivity index (χ3v) is 3.74. The third kappa shape index (κ3) is 2.29. The number of carboxylic acids is 1. The van der Waals surface area contributed by atoms with Crippen molar-refractivity contribution < 1.29 is 14.6 Å². The lowest BCUT2D eigenvalue weighted by atomic mass is 9.96. The van der Waals surface area contributed by atoms with Crippen LogP contribution in [0.3, 0.4) is 0 Å². The molecule has 0 saturated carbocycles. The fourth-order valence-electron chi connectivity index (χ4n) is 2.28. The van der Waals surface area contributed by atoms with Crippen LogP contribution < -0.4 is 0 Å². The average molecular weight is 319 g/mol. The number of ether oxygens (including phenoxy) is 1. The minimum Gasteiger partial charge on any atom is -0.478 e. The number of hydrogen-bond acceptors (Lipinski definition) is 2. The Labute approximate surface area is 119 Å². The molecule has 1 heterocycles. The summed E-state index contributed by atoms with van der Waals surface area (Å²) in [6, 6.07) is 11.3. The lowest BCUT2D eigenvalue weighted by Gasteiger charge is -2.08. The first-order valence-corrected chi connectivity index (χ1v) is 6.67. The monoisotopic (exact) mass is 318 g/mol. The van der Waals surface area contributed by atoms with Crippen molar-refractivity contribution in [3.8, 4) is 11.1 Å². The molecule has 3 nitrogen and oxygen atoms in total. The van der Waals surface area contributed by atoms with Crippen LogP contribution in [-0.2, 0) is 18.0 Å². The van der Waals surface area contributed by atoms with Crippen LogP contribution >= 0.6 is 15.9 Å². The van der Waals surface area contributed by atoms with Gasteiger partial charge < -0.3 is 9.84 Å². The maximum atomic E-state index is 11.3. The summed E-state index contributed by atoms with van der Waals surface area (Å²) < 4.78 is 6.14. The number of aromatic carboxylic acids is 1. The van der Waals surface area contributed by atoms with E-state index in [2.05, 4.69) is 15.9 Å². The zero-order valence-corrected chi connectivity index (χ0v) is 11.6. The normalized spacial score (nSPS) is 13.3. The summed E-state index contributed by atoms with van der Waals surface area (Å²) in [4.78, 5) is 11.3. The van der Waals surface area contributed by atoms with Gasteiger partial charge in [-0.15, -0.1) is 0 Å². The fourth-order valence-corrected chi connectivity index (χ4v) is 2.65. The summed E-state index contributed by atoms with van der Waals surface area (Å²) in [5.74, 6) is -0.923. The first-order chi connectivity index (χ1) is 9.15. The Kier molecular flexibility index (Phi) is 3.12. The van der Waals surface area contributed by atoms with E-state index < -0.39 is 5.97 Å². The van der Waals surface area contributed by atoms with Gasteiger partial charge in [-0.2, -0.15) is 0 Å². The molecule has 0 aromatic heterocycles. The lowest BCUT2D eigenvalue weighted by molar-refractivity contribution is 0.0697. The standard InChI is InChI=1S/C15H11BrO3/c16-12-3-4-13(14(6-12)15(17)18)9-1-2-10-7-19-8-11(10)5-9/h1-6H,7-8H2,(H,17,18). The summed E-state index contributed by atoms with van der Waals surface area (Å²) in [7, 11) is 0. The summed E-state index contributed by atoms with van der Waals surface area (Å²) in [5, 5.41) is 9.30. The van der Waals surface area contributed by atoms with E-state index in [1.807, 2.05) is 30.3 Å². The van der Waals surface area contributed by atoms with Crippen LogP contribution in [0.1, 0.15) is 21.5 Å². The topological polar surface area (TPSA) is 46.5 Å². The van der Waals surface area contributed by atoms with E-state index in [0.717, 1.165) is 21.2 Å². The van der Waals surface area contributed by atoms with E-state index in [9.17, 15) is 9.90 Å². The van der Waals surface area contributed by atoms with E-state index in [4.69, 9.17) is 4.74 Å². The fraction of sp³-hybridized carbons (Fsp3) is 0.133. The van der Waals surface area contributed by atoms with E-state index in [1.165, 1.54) is 5.56 Å². The number of fused-ring (bicyclic) bond motifs is 1. The largest absolute Gasteiger partial charge is 0.478 e. The van der Waals surface area contributed by atoms with Gasteiger partial charge in [-0.25, -0.2) is 4.79 Å². The molecule has 0 unspecified atom stereocenters. The van der Waals surface area contributed by atoms with Crippen molar-refractivity contribution >= 4 is 21.9 Å². The van der Waals surface area contributed by atoms with Crippen molar-refractivity contribution in [2.75, 3.05) is 0 Å². The van der Waals surface area contributed by atoms with Gasteiger partial charge in [0.15, 0.2) is 0 Å².